The maximum absolute atomic E-state index is 14.0. The Morgan fingerprint density at radius 2 is 1.69 bits per heavy atom. The lowest BCUT2D eigenvalue weighted by Gasteiger charge is -2.51. The number of benzene rings is 2. The van der Waals surface area contributed by atoms with Gasteiger partial charge in [-0.15, -0.1) is 23.2 Å². The first-order chi connectivity index (χ1) is 18.5. The summed E-state index contributed by atoms with van der Waals surface area (Å²) in [5, 5.41) is 10.1. The molecular weight excluding hydrogens is 563 g/mol. The number of hydrogen-bond donors (Lipinski definition) is 1. The van der Waals surface area contributed by atoms with Gasteiger partial charge in [0, 0.05) is 18.0 Å². The van der Waals surface area contributed by atoms with Gasteiger partial charge < -0.3 is 5.11 Å². The standard InChI is InChI=1S/C29H23Cl3N2O5/c1-3-14-4-6-15(7-5-14)34-24(36)19-11-10-17-20(22(19)25(34)37)13-28(31)26(38)33(2)27(39)29(28,32)23(17)18-9-8-16(35)12-21(18)30/h3-10,12,19-20,22-23,35H,1,11,13H2,2H3. The number of likely N-dealkylation sites (tertiary alicyclic amines) is 1. The average molecular weight is 586 g/mol. The Balaban J connectivity index is 1.51. The van der Waals surface area contributed by atoms with E-state index in [4.69, 9.17) is 34.8 Å². The van der Waals surface area contributed by atoms with E-state index in [0.29, 0.717) is 16.8 Å². The molecule has 6 atom stereocenters. The highest BCUT2D eigenvalue weighted by molar-refractivity contribution is 6.53. The molecule has 3 fully saturated rings. The van der Waals surface area contributed by atoms with E-state index in [1.807, 2.05) is 6.08 Å². The van der Waals surface area contributed by atoms with Crippen LogP contribution in [0.1, 0.15) is 29.9 Å². The van der Waals surface area contributed by atoms with E-state index >= 15 is 0 Å². The van der Waals surface area contributed by atoms with Gasteiger partial charge in [0.05, 0.1) is 17.5 Å². The zero-order valence-corrected chi connectivity index (χ0v) is 23.0. The molecule has 7 nitrogen and oxygen atoms in total. The fourth-order valence-corrected chi connectivity index (χ4v) is 8.15. The van der Waals surface area contributed by atoms with Crippen LogP contribution in [0.2, 0.25) is 5.02 Å². The monoisotopic (exact) mass is 584 g/mol. The quantitative estimate of drug-likeness (QED) is 0.315. The summed E-state index contributed by atoms with van der Waals surface area (Å²) < 4.78 is 0. The van der Waals surface area contributed by atoms with Crippen LogP contribution >= 0.6 is 34.8 Å². The number of carbonyl (C=O) groups excluding carboxylic acids is 4. The third kappa shape index (κ3) is 3.30. The fraction of sp³-hybridized carbons (Fsp3) is 0.310. The number of fused-ring (bicyclic) bond motifs is 4. The molecule has 0 bridgehead atoms. The van der Waals surface area contributed by atoms with Crippen LogP contribution in [0.3, 0.4) is 0 Å². The third-order valence-corrected chi connectivity index (χ3v) is 10.4. The molecule has 10 heteroatoms. The van der Waals surface area contributed by atoms with Gasteiger partial charge in [-0.2, -0.15) is 0 Å². The van der Waals surface area contributed by atoms with Crippen LogP contribution in [0, 0.1) is 17.8 Å². The molecule has 0 radical (unpaired) electrons. The van der Waals surface area contributed by atoms with Crippen molar-refractivity contribution in [3.05, 3.63) is 76.8 Å². The third-order valence-electron chi connectivity index (χ3n) is 8.70. The first-order valence-corrected chi connectivity index (χ1v) is 13.6. The number of phenols is 1. The van der Waals surface area contributed by atoms with E-state index in [1.54, 1.807) is 36.4 Å². The molecular formula is C29H23Cl3N2O5. The Labute approximate surface area is 239 Å². The van der Waals surface area contributed by atoms with Crippen LogP contribution in [0.5, 0.6) is 5.75 Å². The second-order valence-electron chi connectivity index (χ2n) is 10.5. The number of allylic oxidation sites excluding steroid dienone is 2. The van der Waals surface area contributed by atoms with E-state index in [2.05, 4.69) is 6.58 Å². The molecule has 2 aromatic rings. The van der Waals surface area contributed by atoms with Crippen molar-refractivity contribution >= 4 is 70.2 Å². The minimum absolute atomic E-state index is 0.0878. The molecule has 0 aromatic heterocycles. The molecule has 1 N–H and O–H groups in total. The second kappa shape index (κ2) is 8.68. The first-order valence-electron chi connectivity index (χ1n) is 12.4. The Morgan fingerprint density at radius 1 is 1.00 bits per heavy atom. The number of nitrogens with zero attached hydrogens (tertiary/aromatic N) is 2. The zero-order chi connectivity index (χ0) is 28.0. The summed E-state index contributed by atoms with van der Waals surface area (Å²) in [7, 11) is 1.33. The molecule has 1 saturated carbocycles. The lowest BCUT2D eigenvalue weighted by Crippen LogP contribution is -2.60. The number of amides is 4. The number of halogens is 3. The molecule has 0 spiro atoms. The highest BCUT2D eigenvalue weighted by Gasteiger charge is 2.76. The van der Waals surface area contributed by atoms with E-state index < -0.39 is 51.1 Å². The highest BCUT2D eigenvalue weighted by Crippen LogP contribution is 2.66. The number of anilines is 1. The SMILES string of the molecule is C=Cc1ccc(N2C(=O)C3CC=C4C(CC5(Cl)C(=O)N(C)C(=O)C5(Cl)C4c4ccc(O)cc4Cl)C3C2=O)cc1. The van der Waals surface area contributed by atoms with Crippen LogP contribution in [0.4, 0.5) is 5.69 Å². The van der Waals surface area contributed by atoms with Gasteiger partial charge >= 0.3 is 0 Å². The predicted molar refractivity (Wildman–Crippen MR) is 148 cm³/mol. The molecule has 6 rings (SSSR count). The molecule has 2 aliphatic heterocycles. The van der Waals surface area contributed by atoms with Gasteiger partial charge in [0.1, 0.15) is 5.75 Å². The number of imide groups is 2. The summed E-state index contributed by atoms with van der Waals surface area (Å²) >= 11 is 20.8. The van der Waals surface area contributed by atoms with Crippen LogP contribution in [-0.4, -0.2) is 50.4 Å². The average Bonchev–Trinajstić information content (AvgIpc) is 3.24. The minimum Gasteiger partial charge on any atom is -0.508 e. The van der Waals surface area contributed by atoms with Gasteiger partial charge in [-0.25, -0.2) is 0 Å². The summed E-state index contributed by atoms with van der Waals surface area (Å²) in [6.07, 6.45) is 3.65. The fourth-order valence-electron chi connectivity index (χ4n) is 6.85. The molecule has 6 unspecified atom stereocenters. The van der Waals surface area contributed by atoms with Crippen molar-refractivity contribution in [2.24, 2.45) is 17.8 Å². The van der Waals surface area contributed by atoms with Gasteiger partial charge in [0.25, 0.3) is 11.8 Å². The maximum atomic E-state index is 14.0. The van der Waals surface area contributed by atoms with Crippen molar-refractivity contribution in [2.45, 2.75) is 28.5 Å². The molecule has 4 amide bonds. The second-order valence-corrected chi connectivity index (χ2v) is 12.2. The number of aromatic hydroxyl groups is 1. The van der Waals surface area contributed by atoms with Gasteiger partial charge in [0.2, 0.25) is 11.8 Å². The number of phenolic OH excluding ortho intramolecular Hbond substituents is 1. The van der Waals surface area contributed by atoms with Gasteiger partial charge in [-0.05, 0) is 54.2 Å². The van der Waals surface area contributed by atoms with Crippen LogP contribution in [-0.2, 0) is 19.2 Å². The molecule has 4 aliphatic rings. The van der Waals surface area contributed by atoms with Gasteiger partial charge in [-0.1, -0.05) is 54.1 Å². The van der Waals surface area contributed by atoms with Crippen molar-refractivity contribution in [1.29, 1.82) is 0 Å². The molecule has 2 saturated heterocycles. The largest absolute Gasteiger partial charge is 0.508 e. The van der Waals surface area contributed by atoms with Crippen molar-refractivity contribution in [2.75, 3.05) is 11.9 Å². The Morgan fingerprint density at radius 3 is 2.33 bits per heavy atom. The van der Waals surface area contributed by atoms with Gasteiger partial charge in [0.15, 0.2) is 9.75 Å². The van der Waals surface area contributed by atoms with Crippen molar-refractivity contribution in [3.8, 4) is 5.75 Å². The molecule has 2 aliphatic carbocycles. The summed E-state index contributed by atoms with van der Waals surface area (Å²) in [5.41, 5.74) is 2.32. The summed E-state index contributed by atoms with van der Waals surface area (Å²) in [6.45, 7) is 3.73. The Kier molecular flexibility index (Phi) is 5.81. The minimum atomic E-state index is -1.93. The normalized spacial score (nSPS) is 33.6. The van der Waals surface area contributed by atoms with Crippen molar-refractivity contribution in [1.82, 2.24) is 4.90 Å². The first kappa shape index (κ1) is 26.1. The zero-order valence-electron chi connectivity index (χ0n) is 20.7. The summed E-state index contributed by atoms with van der Waals surface area (Å²) in [6, 6.07) is 11.2. The highest BCUT2D eigenvalue weighted by atomic mass is 35.5. The molecule has 2 heterocycles. The van der Waals surface area contributed by atoms with Crippen LogP contribution in [0.25, 0.3) is 6.08 Å². The summed E-state index contributed by atoms with van der Waals surface area (Å²) in [4.78, 5) is 52.9. The topological polar surface area (TPSA) is 95.0 Å². The number of rotatable bonds is 3. The smallest absolute Gasteiger partial charge is 0.253 e. The van der Waals surface area contributed by atoms with E-state index in [-0.39, 0.29) is 29.5 Å². The van der Waals surface area contributed by atoms with Crippen molar-refractivity contribution in [3.63, 3.8) is 0 Å². The number of alkyl halides is 2. The van der Waals surface area contributed by atoms with Crippen LogP contribution < -0.4 is 4.90 Å². The predicted octanol–water partition coefficient (Wildman–Crippen LogP) is 4.88. The van der Waals surface area contributed by atoms with E-state index in [9.17, 15) is 24.3 Å². The summed E-state index contributed by atoms with van der Waals surface area (Å²) in [5.74, 6) is -5.24. The Bertz CT molecular complexity index is 1520. The molecule has 200 valence electrons. The lowest BCUT2D eigenvalue weighted by molar-refractivity contribution is -0.138. The lowest BCUT2D eigenvalue weighted by atomic mass is 9.56. The maximum Gasteiger partial charge on any atom is 0.253 e. The van der Waals surface area contributed by atoms with Crippen LogP contribution in [0.15, 0.2) is 60.7 Å². The molecule has 2 aromatic carbocycles. The van der Waals surface area contributed by atoms with E-state index in [0.717, 1.165) is 10.5 Å². The number of carbonyl (C=O) groups is 4. The Hall–Kier alpha value is -3.13. The van der Waals surface area contributed by atoms with Gasteiger partial charge in [-0.3, -0.25) is 29.0 Å². The molecule has 39 heavy (non-hydrogen) atoms. The number of hydrogen-bond acceptors (Lipinski definition) is 5. The van der Waals surface area contributed by atoms with E-state index in [1.165, 1.54) is 24.1 Å². The van der Waals surface area contributed by atoms with Crippen molar-refractivity contribution < 1.29 is 24.3 Å².